The van der Waals surface area contributed by atoms with Crippen LogP contribution in [0.1, 0.15) is 40.4 Å². The minimum absolute atomic E-state index is 0.356. The minimum Gasteiger partial charge on any atom is -0.452 e. The molecule has 4 rings (SSSR count). The third kappa shape index (κ3) is 4.11. The molecule has 28 heavy (non-hydrogen) atoms. The summed E-state index contributed by atoms with van der Waals surface area (Å²) >= 11 is 0. The summed E-state index contributed by atoms with van der Waals surface area (Å²) in [6.45, 7) is 1.58. The number of carbonyl (C=O) groups excluding carboxylic acids is 2. The zero-order chi connectivity index (χ0) is 19.5. The molecule has 0 spiro atoms. The smallest absolute Gasteiger partial charge is 0.338 e. The molecule has 1 fully saturated rings. The first-order valence-corrected chi connectivity index (χ1v) is 9.29. The molecule has 2 aromatic carbocycles. The number of anilines is 1. The number of esters is 1. The molecule has 0 bridgehead atoms. The summed E-state index contributed by atoms with van der Waals surface area (Å²) in [4.78, 5) is 24.4. The minimum atomic E-state index is -0.523. The first kappa shape index (κ1) is 18.0. The van der Waals surface area contributed by atoms with Gasteiger partial charge in [-0.3, -0.25) is 4.79 Å². The van der Waals surface area contributed by atoms with Gasteiger partial charge < -0.3 is 10.1 Å². The van der Waals surface area contributed by atoms with E-state index in [0.29, 0.717) is 17.3 Å². The van der Waals surface area contributed by atoms with Crippen LogP contribution in [0, 0.1) is 6.92 Å². The van der Waals surface area contributed by atoms with Crippen LogP contribution in [0.15, 0.2) is 60.7 Å². The Morgan fingerprint density at radius 3 is 2.50 bits per heavy atom. The summed E-state index contributed by atoms with van der Waals surface area (Å²) in [7, 11) is 0. The van der Waals surface area contributed by atoms with Crippen LogP contribution < -0.4 is 5.32 Å². The number of benzene rings is 2. The first-order chi connectivity index (χ1) is 13.6. The van der Waals surface area contributed by atoms with Crippen LogP contribution in [0.3, 0.4) is 0 Å². The van der Waals surface area contributed by atoms with Gasteiger partial charge in [-0.2, -0.15) is 5.10 Å². The number of rotatable bonds is 6. The highest BCUT2D eigenvalue weighted by Crippen LogP contribution is 2.40. The van der Waals surface area contributed by atoms with Crippen LogP contribution in [0.5, 0.6) is 0 Å². The van der Waals surface area contributed by atoms with Gasteiger partial charge in [-0.1, -0.05) is 35.9 Å². The van der Waals surface area contributed by atoms with Crippen molar-refractivity contribution in [1.82, 2.24) is 9.78 Å². The van der Waals surface area contributed by atoms with E-state index >= 15 is 0 Å². The third-order valence-corrected chi connectivity index (χ3v) is 4.61. The van der Waals surface area contributed by atoms with Crippen LogP contribution in [-0.2, 0) is 9.53 Å². The topological polar surface area (TPSA) is 73.2 Å². The lowest BCUT2D eigenvalue weighted by Crippen LogP contribution is -2.22. The van der Waals surface area contributed by atoms with Crippen molar-refractivity contribution in [3.63, 3.8) is 0 Å². The van der Waals surface area contributed by atoms with Crippen LogP contribution in [0.2, 0.25) is 0 Å². The largest absolute Gasteiger partial charge is 0.452 e. The van der Waals surface area contributed by atoms with Crippen LogP contribution in [-0.4, -0.2) is 28.3 Å². The van der Waals surface area contributed by atoms with E-state index in [1.165, 1.54) is 0 Å². The van der Waals surface area contributed by atoms with E-state index in [-0.39, 0.29) is 6.61 Å². The fourth-order valence-corrected chi connectivity index (χ4v) is 2.92. The number of aryl methyl sites for hydroxylation is 1. The molecule has 1 saturated carbocycles. The Morgan fingerprint density at radius 2 is 1.82 bits per heavy atom. The van der Waals surface area contributed by atoms with Gasteiger partial charge in [0.2, 0.25) is 0 Å². The van der Waals surface area contributed by atoms with Crippen molar-refractivity contribution < 1.29 is 14.3 Å². The summed E-state index contributed by atoms with van der Waals surface area (Å²) < 4.78 is 6.85. The van der Waals surface area contributed by atoms with Crippen molar-refractivity contribution in [2.45, 2.75) is 25.7 Å². The maximum absolute atomic E-state index is 12.4. The zero-order valence-electron chi connectivity index (χ0n) is 15.6. The SMILES string of the molecule is Cc1ccc(C(=O)OCC(=O)Nc2cc(C3CC3)nn2-c2ccccc2)cc1. The Balaban J connectivity index is 1.44. The number of para-hydroxylation sites is 1. The van der Waals surface area contributed by atoms with Crippen molar-refractivity contribution in [1.29, 1.82) is 0 Å². The predicted octanol–water partition coefficient (Wildman–Crippen LogP) is 3.85. The molecule has 0 radical (unpaired) electrons. The molecule has 1 aliphatic carbocycles. The number of hydrogen-bond acceptors (Lipinski definition) is 4. The summed E-state index contributed by atoms with van der Waals surface area (Å²) in [6, 6.07) is 18.5. The predicted molar refractivity (Wildman–Crippen MR) is 106 cm³/mol. The lowest BCUT2D eigenvalue weighted by Gasteiger charge is -2.09. The van der Waals surface area contributed by atoms with Crippen molar-refractivity contribution in [3.05, 3.63) is 77.5 Å². The molecule has 1 amide bonds. The molecule has 1 heterocycles. The second kappa shape index (κ2) is 7.68. The average molecular weight is 375 g/mol. The Hall–Kier alpha value is -3.41. The summed E-state index contributed by atoms with van der Waals surface area (Å²) in [5, 5.41) is 7.45. The highest BCUT2D eigenvalue weighted by atomic mass is 16.5. The number of nitrogens with one attached hydrogen (secondary N) is 1. The van der Waals surface area contributed by atoms with Crippen molar-refractivity contribution in [3.8, 4) is 5.69 Å². The molecule has 6 nitrogen and oxygen atoms in total. The van der Waals surface area contributed by atoms with E-state index in [4.69, 9.17) is 4.74 Å². The van der Waals surface area contributed by atoms with E-state index in [1.807, 2.05) is 55.5 Å². The molecule has 0 aliphatic heterocycles. The zero-order valence-corrected chi connectivity index (χ0v) is 15.6. The molecular formula is C22H21N3O3. The van der Waals surface area contributed by atoms with Gasteiger partial charge in [0.05, 0.1) is 16.9 Å². The summed E-state index contributed by atoms with van der Waals surface area (Å²) in [6.07, 6.45) is 2.24. The lowest BCUT2D eigenvalue weighted by atomic mass is 10.1. The fourth-order valence-electron chi connectivity index (χ4n) is 2.92. The van der Waals surface area contributed by atoms with E-state index < -0.39 is 11.9 Å². The number of aromatic nitrogens is 2. The van der Waals surface area contributed by atoms with Gasteiger partial charge in [-0.05, 0) is 44.0 Å². The molecule has 1 aliphatic rings. The van der Waals surface area contributed by atoms with Crippen molar-refractivity contribution in [2.24, 2.45) is 0 Å². The quantitative estimate of drug-likeness (QED) is 0.664. The molecule has 6 heteroatoms. The lowest BCUT2D eigenvalue weighted by molar-refractivity contribution is -0.119. The van der Waals surface area contributed by atoms with Gasteiger partial charge in [0, 0.05) is 12.0 Å². The molecule has 1 aromatic heterocycles. The average Bonchev–Trinajstić information content (AvgIpc) is 3.48. The van der Waals surface area contributed by atoms with Crippen LogP contribution in [0.4, 0.5) is 5.82 Å². The Morgan fingerprint density at radius 1 is 1.11 bits per heavy atom. The van der Waals surface area contributed by atoms with Gasteiger partial charge in [0.15, 0.2) is 6.61 Å². The molecule has 3 aromatic rings. The van der Waals surface area contributed by atoms with Crippen molar-refractivity contribution >= 4 is 17.7 Å². The number of amides is 1. The highest BCUT2D eigenvalue weighted by molar-refractivity contribution is 5.95. The van der Waals surface area contributed by atoms with Gasteiger partial charge in [-0.25, -0.2) is 9.48 Å². The van der Waals surface area contributed by atoms with E-state index in [9.17, 15) is 9.59 Å². The van der Waals surface area contributed by atoms with Gasteiger partial charge in [-0.15, -0.1) is 0 Å². The monoisotopic (exact) mass is 375 g/mol. The summed E-state index contributed by atoms with van der Waals surface area (Å²) in [5.74, 6) is 0.106. The molecule has 0 saturated heterocycles. The standard InChI is InChI=1S/C22H21N3O3/c1-15-7-9-17(10-8-15)22(27)28-14-21(26)23-20-13-19(16-11-12-16)24-25(20)18-5-3-2-4-6-18/h2-10,13,16H,11-12,14H2,1H3,(H,23,26). The van der Waals surface area contributed by atoms with E-state index in [2.05, 4.69) is 10.4 Å². The summed E-state index contributed by atoms with van der Waals surface area (Å²) in [5.41, 5.74) is 3.30. The van der Waals surface area contributed by atoms with E-state index in [1.54, 1.807) is 16.8 Å². The number of carbonyl (C=O) groups is 2. The Labute approximate surface area is 163 Å². The normalized spacial score (nSPS) is 13.2. The number of ether oxygens (including phenoxy) is 1. The number of nitrogens with zero attached hydrogens (tertiary/aromatic N) is 2. The molecular weight excluding hydrogens is 354 g/mol. The first-order valence-electron chi connectivity index (χ1n) is 9.29. The fraction of sp³-hybridized carbons (Fsp3) is 0.227. The third-order valence-electron chi connectivity index (χ3n) is 4.61. The highest BCUT2D eigenvalue weighted by Gasteiger charge is 2.28. The van der Waals surface area contributed by atoms with Gasteiger partial charge in [0.1, 0.15) is 5.82 Å². The Kier molecular flexibility index (Phi) is 4.93. The second-order valence-corrected chi connectivity index (χ2v) is 6.97. The molecule has 1 N–H and O–H groups in total. The van der Waals surface area contributed by atoms with E-state index in [0.717, 1.165) is 29.8 Å². The maximum Gasteiger partial charge on any atom is 0.338 e. The van der Waals surface area contributed by atoms with Crippen LogP contribution in [0.25, 0.3) is 5.69 Å². The maximum atomic E-state index is 12.4. The second-order valence-electron chi connectivity index (χ2n) is 6.97. The van der Waals surface area contributed by atoms with Gasteiger partial charge >= 0.3 is 5.97 Å². The van der Waals surface area contributed by atoms with Crippen LogP contribution >= 0.6 is 0 Å². The molecule has 0 atom stereocenters. The molecule has 142 valence electrons. The molecule has 0 unspecified atom stereocenters. The Bertz CT molecular complexity index is 990. The van der Waals surface area contributed by atoms with Gasteiger partial charge in [0.25, 0.3) is 5.91 Å². The van der Waals surface area contributed by atoms with Crippen molar-refractivity contribution in [2.75, 3.05) is 11.9 Å². The number of hydrogen-bond donors (Lipinski definition) is 1.